The summed E-state index contributed by atoms with van der Waals surface area (Å²) < 4.78 is 37.6. The summed E-state index contributed by atoms with van der Waals surface area (Å²) in [4.78, 5) is 0. The summed E-state index contributed by atoms with van der Waals surface area (Å²) in [7, 11) is 1.62. The zero-order chi connectivity index (χ0) is 11.5. The van der Waals surface area contributed by atoms with Crippen molar-refractivity contribution in [1.82, 2.24) is 15.1 Å². The van der Waals surface area contributed by atoms with Gasteiger partial charge in [0.25, 0.3) is 0 Å². The fourth-order valence-corrected chi connectivity index (χ4v) is 1.08. The molecule has 1 aromatic heterocycles. The number of aliphatic hydroxyl groups is 1. The van der Waals surface area contributed by atoms with Gasteiger partial charge in [-0.1, -0.05) is 0 Å². The molecule has 0 aliphatic carbocycles. The molecule has 0 radical (unpaired) electrons. The lowest BCUT2D eigenvalue weighted by Gasteiger charge is -2.12. The van der Waals surface area contributed by atoms with Gasteiger partial charge in [0.15, 0.2) is 5.69 Å². The summed E-state index contributed by atoms with van der Waals surface area (Å²) in [5.74, 6) is 0. The highest BCUT2D eigenvalue weighted by atomic mass is 19.4. The highest BCUT2D eigenvalue weighted by molar-refractivity contribution is 5.03. The van der Waals surface area contributed by atoms with Crippen LogP contribution in [0, 0.1) is 0 Å². The third-order valence-corrected chi connectivity index (χ3v) is 1.97. The molecule has 0 bridgehead atoms. The van der Waals surface area contributed by atoms with Crippen molar-refractivity contribution in [2.24, 2.45) is 0 Å². The molecule has 0 aliphatic rings. The molecule has 0 fully saturated rings. The van der Waals surface area contributed by atoms with E-state index in [0.717, 1.165) is 10.7 Å². The minimum atomic E-state index is -4.42. The van der Waals surface area contributed by atoms with Gasteiger partial charge in [0.1, 0.15) is 0 Å². The maximum absolute atomic E-state index is 12.2. The van der Waals surface area contributed by atoms with E-state index in [0.29, 0.717) is 0 Å². The highest BCUT2D eigenvalue weighted by Gasteiger charge is 2.33. The number of aromatic nitrogens is 2. The van der Waals surface area contributed by atoms with Gasteiger partial charge in [0.2, 0.25) is 0 Å². The van der Waals surface area contributed by atoms with Crippen LogP contribution in [0.25, 0.3) is 0 Å². The van der Waals surface area contributed by atoms with Gasteiger partial charge in [0, 0.05) is 12.2 Å². The zero-order valence-electron chi connectivity index (χ0n) is 8.12. The predicted molar refractivity (Wildman–Crippen MR) is 47.2 cm³/mol. The van der Waals surface area contributed by atoms with E-state index in [9.17, 15) is 13.2 Å². The lowest BCUT2D eigenvalue weighted by Crippen LogP contribution is -2.33. The normalized spacial score (nSPS) is 14.2. The molecule has 1 heterocycles. The molecule has 15 heavy (non-hydrogen) atoms. The first kappa shape index (κ1) is 12.0. The Morgan fingerprint density at radius 3 is 2.67 bits per heavy atom. The molecule has 0 spiro atoms. The fourth-order valence-electron chi connectivity index (χ4n) is 1.08. The number of hydrogen-bond acceptors (Lipinski definition) is 3. The molecule has 0 saturated heterocycles. The summed E-state index contributed by atoms with van der Waals surface area (Å²) in [5, 5.41) is 14.9. The van der Waals surface area contributed by atoms with E-state index in [4.69, 9.17) is 5.11 Å². The van der Waals surface area contributed by atoms with Crippen molar-refractivity contribution >= 4 is 0 Å². The van der Waals surface area contributed by atoms with Gasteiger partial charge in [-0.3, -0.25) is 4.68 Å². The zero-order valence-corrected chi connectivity index (χ0v) is 8.12. The Balaban J connectivity index is 2.68. The number of likely N-dealkylation sites (N-methyl/N-ethyl adjacent to an activating group) is 1. The quantitative estimate of drug-likeness (QED) is 0.780. The minimum absolute atomic E-state index is 0.155. The second-order valence-corrected chi connectivity index (χ2v) is 3.09. The van der Waals surface area contributed by atoms with Gasteiger partial charge in [-0.25, -0.2) is 0 Å². The number of nitrogens with zero attached hydrogens (tertiary/aromatic N) is 2. The van der Waals surface area contributed by atoms with Crippen LogP contribution in [0.5, 0.6) is 0 Å². The average Bonchev–Trinajstić information content (AvgIpc) is 2.61. The predicted octanol–water partition coefficient (Wildman–Crippen LogP) is 0.482. The Labute approximate surface area is 84.7 Å². The van der Waals surface area contributed by atoms with E-state index in [1.165, 1.54) is 6.20 Å². The molecule has 1 unspecified atom stereocenters. The van der Waals surface area contributed by atoms with E-state index in [1.54, 1.807) is 7.05 Å². The van der Waals surface area contributed by atoms with Gasteiger partial charge in [0.05, 0.1) is 13.2 Å². The lowest BCUT2D eigenvalue weighted by atomic mass is 10.3. The van der Waals surface area contributed by atoms with E-state index >= 15 is 0 Å². The number of rotatable bonds is 4. The summed E-state index contributed by atoms with van der Waals surface area (Å²) in [5.41, 5.74) is -0.921. The second-order valence-electron chi connectivity index (χ2n) is 3.09. The molecule has 1 atom stereocenters. The molecule has 86 valence electrons. The van der Waals surface area contributed by atoms with Crippen LogP contribution in [0.15, 0.2) is 12.3 Å². The number of nitrogens with one attached hydrogen (secondary N) is 1. The number of halogens is 3. The summed E-state index contributed by atoms with van der Waals surface area (Å²) in [6.07, 6.45) is -3.18. The number of hydrogen-bond donors (Lipinski definition) is 2. The Hall–Kier alpha value is -1.08. The van der Waals surface area contributed by atoms with Crippen molar-refractivity contribution in [2.75, 3.05) is 13.7 Å². The van der Waals surface area contributed by atoms with Crippen LogP contribution in [0.2, 0.25) is 0 Å². The van der Waals surface area contributed by atoms with Gasteiger partial charge in [-0.2, -0.15) is 18.3 Å². The van der Waals surface area contributed by atoms with Crippen molar-refractivity contribution in [3.05, 3.63) is 18.0 Å². The SMILES string of the molecule is CNC(CO)Cn1ccc(C(F)(F)F)n1. The molecule has 0 aromatic carbocycles. The van der Waals surface area contributed by atoms with Crippen molar-refractivity contribution < 1.29 is 18.3 Å². The van der Waals surface area contributed by atoms with Crippen LogP contribution < -0.4 is 5.32 Å². The van der Waals surface area contributed by atoms with Crippen LogP contribution in [0.3, 0.4) is 0 Å². The average molecular weight is 223 g/mol. The Bertz CT molecular complexity index is 306. The Morgan fingerprint density at radius 2 is 2.27 bits per heavy atom. The number of aliphatic hydroxyl groups excluding tert-OH is 1. The third-order valence-electron chi connectivity index (χ3n) is 1.97. The molecule has 2 N–H and O–H groups in total. The standard InChI is InChI=1S/C8H12F3N3O/c1-12-6(5-15)4-14-3-2-7(13-14)8(9,10)11/h2-3,6,12,15H,4-5H2,1H3. The fraction of sp³-hybridized carbons (Fsp3) is 0.625. The third kappa shape index (κ3) is 3.21. The maximum Gasteiger partial charge on any atom is 0.435 e. The van der Waals surface area contributed by atoms with Crippen molar-refractivity contribution in [3.8, 4) is 0 Å². The van der Waals surface area contributed by atoms with Crippen LogP contribution in [-0.2, 0) is 12.7 Å². The van der Waals surface area contributed by atoms with Gasteiger partial charge < -0.3 is 10.4 Å². The second kappa shape index (κ2) is 4.63. The molecular weight excluding hydrogens is 211 g/mol. The van der Waals surface area contributed by atoms with E-state index in [2.05, 4.69) is 10.4 Å². The van der Waals surface area contributed by atoms with Crippen LogP contribution in [-0.4, -0.2) is 34.6 Å². The van der Waals surface area contributed by atoms with E-state index in [1.807, 2.05) is 0 Å². The highest BCUT2D eigenvalue weighted by Crippen LogP contribution is 2.27. The van der Waals surface area contributed by atoms with Crippen molar-refractivity contribution in [1.29, 1.82) is 0 Å². The molecule has 1 rings (SSSR count). The van der Waals surface area contributed by atoms with Crippen LogP contribution in [0.4, 0.5) is 13.2 Å². The number of alkyl halides is 3. The van der Waals surface area contributed by atoms with Crippen LogP contribution in [0.1, 0.15) is 5.69 Å². The van der Waals surface area contributed by atoms with Crippen molar-refractivity contribution in [3.63, 3.8) is 0 Å². The molecule has 0 aliphatic heterocycles. The molecule has 0 amide bonds. The molecule has 7 heteroatoms. The largest absolute Gasteiger partial charge is 0.435 e. The first-order chi connectivity index (χ1) is 6.97. The topological polar surface area (TPSA) is 50.1 Å². The van der Waals surface area contributed by atoms with E-state index < -0.39 is 11.9 Å². The van der Waals surface area contributed by atoms with Gasteiger partial charge >= 0.3 is 6.18 Å². The summed E-state index contributed by atoms with van der Waals surface area (Å²) >= 11 is 0. The Morgan fingerprint density at radius 1 is 1.60 bits per heavy atom. The minimum Gasteiger partial charge on any atom is -0.395 e. The van der Waals surface area contributed by atoms with Gasteiger partial charge in [-0.15, -0.1) is 0 Å². The molecule has 4 nitrogen and oxygen atoms in total. The first-order valence-corrected chi connectivity index (χ1v) is 4.36. The molecular formula is C8H12F3N3O. The Kier molecular flexibility index (Phi) is 3.70. The molecule has 0 saturated carbocycles. The lowest BCUT2D eigenvalue weighted by molar-refractivity contribution is -0.141. The molecule has 1 aromatic rings. The smallest absolute Gasteiger partial charge is 0.395 e. The summed E-state index contributed by atoms with van der Waals surface area (Å²) in [6.45, 7) is 0.0425. The van der Waals surface area contributed by atoms with Crippen LogP contribution >= 0.6 is 0 Å². The van der Waals surface area contributed by atoms with Gasteiger partial charge in [-0.05, 0) is 13.1 Å². The van der Waals surface area contributed by atoms with Crippen molar-refractivity contribution in [2.45, 2.75) is 18.8 Å². The first-order valence-electron chi connectivity index (χ1n) is 4.36. The van der Waals surface area contributed by atoms with E-state index in [-0.39, 0.29) is 19.2 Å². The summed E-state index contributed by atoms with van der Waals surface area (Å²) in [6, 6.07) is 0.607. The monoisotopic (exact) mass is 223 g/mol. The maximum atomic E-state index is 12.2.